The number of carbonyl (C=O) groups excluding carboxylic acids is 2. The third kappa shape index (κ3) is 4.77. The van der Waals surface area contributed by atoms with Crippen molar-refractivity contribution < 1.29 is 9.59 Å². The van der Waals surface area contributed by atoms with E-state index in [-0.39, 0.29) is 11.8 Å². The summed E-state index contributed by atoms with van der Waals surface area (Å²) in [4.78, 5) is 27.0. The lowest BCUT2D eigenvalue weighted by atomic mass is 10.1. The van der Waals surface area contributed by atoms with E-state index in [0.29, 0.717) is 30.3 Å². The topological polar surface area (TPSA) is 49.4 Å². The second-order valence-corrected chi connectivity index (χ2v) is 7.23. The number of thioether (sulfide) groups is 1. The number of amides is 2. The minimum atomic E-state index is -0.0440. The average Bonchev–Trinajstić information content (AvgIpc) is 2.62. The normalized spacial score (nSPS) is 13.5. The van der Waals surface area contributed by atoms with Crippen LogP contribution in [0.1, 0.15) is 12.0 Å². The van der Waals surface area contributed by atoms with Crippen LogP contribution in [-0.4, -0.2) is 30.7 Å². The first-order valence-corrected chi connectivity index (χ1v) is 9.53. The molecule has 1 N–H and O–H groups in total. The van der Waals surface area contributed by atoms with Crippen LogP contribution in [0.15, 0.2) is 53.4 Å². The number of carbonyl (C=O) groups is 2. The van der Waals surface area contributed by atoms with Crippen molar-refractivity contribution in [3.05, 3.63) is 59.1 Å². The van der Waals surface area contributed by atoms with Crippen molar-refractivity contribution in [1.29, 1.82) is 0 Å². The Labute approximate surface area is 156 Å². The molecule has 1 aliphatic rings. The maximum absolute atomic E-state index is 12.2. The Morgan fingerprint density at radius 1 is 1.16 bits per heavy atom. The molecular weight excluding hydrogens is 356 g/mol. The molecule has 0 unspecified atom stereocenters. The molecule has 4 nitrogen and oxygen atoms in total. The third-order valence-corrected chi connectivity index (χ3v) is 5.32. The van der Waals surface area contributed by atoms with Crippen LogP contribution in [0, 0.1) is 0 Å². The largest absolute Gasteiger partial charge is 0.356 e. The van der Waals surface area contributed by atoms with Crippen molar-refractivity contribution in [3.8, 4) is 0 Å². The number of nitrogens with zero attached hydrogens (tertiary/aromatic N) is 1. The van der Waals surface area contributed by atoms with Crippen LogP contribution < -0.4 is 10.2 Å². The standard InChI is InChI=1S/C19H19ClN2O2S/c20-15-7-5-14(6-8-15)9-11-21-18(23)10-12-22-16-3-1-2-4-17(16)25-13-19(22)24/h1-8H,9-13H2,(H,21,23). The van der Waals surface area contributed by atoms with Gasteiger partial charge in [0.05, 0.1) is 11.4 Å². The smallest absolute Gasteiger partial charge is 0.237 e. The first kappa shape index (κ1) is 17.8. The minimum absolute atomic E-state index is 0.0440. The lowest BCUT2D eigenvalue weighted by molar-refractivity contribution is -0.121. The molecule has 0 fully saturated rings. The molecule has 2 amide bonds. The Bertz CT molecular complexity index is 764. The van der Waals surface area contributed by atoms with Crippen molar-refractivity contribution in [2.75, 3.05) is 23.7 Å². The molecule has 0 bridgehead atoms. The Balaban J connectivity index is 1.47. The SMILES string of the molecule is O=C(CCN1C(=O)CSc2ccccc21)NCCc1ccc(Cl)cc1. The fraction of sp³-hybridized carbons (Fsp3) is 0.263. The highest BCUT2D eigenvalue weighted by Crippen LogP contribution is 2.34. The summed E-state index contributed by atoms with van der Waals surface area (Å²) in [5.74, 6) is 0.435. The van der Waals surface area contributed by atoms with Gasteiger partial charge in [0.1, 0.15) is 0 Å². The number of hydrogen-bond acceptors (Lipinski definition) is 3. The Morgan fingerprint density at radius 3 is 2.72 bits per heavy atom. The van der Waals surface area contributed by atoms with Crippen LogP contribution in [0.4, 0.5) is 5.69 Å². The van der Waals surface area contributed by atoms with Gasteiger partial charge >= 0.3 is 0 Å². The molecule has 0 atom stereocenters. The lowest BCUT2D eigenvalue weighted by Crippen LogP contribution is -2.38. The van der Waals surface area contributed by atoms with Crippen LogP contribution in [0.25, 0.3) is 0 Å². The molecule has 6 heteroatoms. The maximum Gasteiger partial charge on any atom is 0.237 e. The van der Waals surface area contributed by atoms with Gasteiger partial charge in [-0.1, -0.05) is 35.9 Å². The zero-order chi connectivity index (χ0) is 17.6. The van der Waals surface area contributed by atoms with Crippen molar-refractivity contribution in [3.63, 3.8) is 0 Å². The average molecular weight is 375 g/mol. The highest BCUT2D eigenvalue weighted by Gasteiger charge is 2.24. The number of hydrogen-bond donors (Lipinski definition) is 1. The first-order chi connectivity index (χ1) is 12.1. The van der Waals surface area contributed by atoms with E-state index in [1.54, 1.807) is 16.7 Å². The molecule has 0 aliphatic carbocycles. The molecule has 0 radical (unpaired) electrons. The molecule has 1 aliphatic heterocycles. The van der Waals surface area contributed by atoms with Gasteiger partial charge in [0.15, 0.2) is 0 Å². The summed E-state index contributed by atoms with van der Waals surface area (Å²) in [6.45, 7) is 0.976. The molecular formula is C19H19ClN2O2S. The molecule has 0 aromatic heterocycles. The summed E-state index contributed by atoms with van der Waals surface area (Å²) < 4.78 is 0. The summed E-state index contributed by atoms with van der Waals surface area (Å²) in [5, 5.41) is 3.61. The predicted octanol–water partition coefficient (Wildman–Crippen LogP) is 3.53. The monoisotopic (exact) mass is 374 g/mol. The molecule has 25 heavy (non-hydrogen) atoms. The van der Waals surface area contributed by atoms with Gasteiger partial charge in [0.2, 0.25) is 11.8 Å². The fourth-order valence-electron chi connectivity index (χ4n) is 2.70. The van der Waals surface area contributed by atoms with E-state index in [0.717, 1.165) is 22.6 Å². The highest BCUT2D eigenvalue weighted by atomic mass is 35.5. The van der Waals surface area contributed by atoms with Crippen molar-refractivity contribution in [2.45, 2.75) is 17.7 Å². The fourth-order valence-corrected chi connectivity index (χ4v) is 3.76. The predicted molar refractivity (Wildman–Crippen MR) is 102 cm³/mol. The summed E-state index contributed by atoms with van der Waals surface area (Å²) in [5.41, 5.74) is 2.03. The summed E-state index contributed by atoms with van der Waals surface area (Å²) in [7, 11) is 0. The van der Waals surface area contributed by atoms with E-state index >= 15 is 0 Å². The second-order valence-electron chi connectivity index (χ2n) is 5.78. The quantitative estimate of drug-likeness (QED) is 0.841. The summed E-state index contributed by atoms with van der Waals surface area (Å²) in [6, 6.07) is 15.4. The summed E-state index contributed by atoms with van der Waals surface area (Å²) in [6.07, 6.45) is 1.05. The van der Waals surface area contributed by atoms with Crippen LogP contribution in [-0.2, 0) is 16.0 Å². The van der Waals surface area contributed by atoms with Gasteiger partial charge in [-0.2, -0.15) is 0 Å². The van der Waals surface area contributed by atoms with E-state index in [9.17, 15) is 9.59 Å². The van der Waals surface area contributed by atoms with Crippen molar-refractivity contribution in [1.82, 2.24) is 5.32 Å². The summed E-state index contributed by atoms with van der Waals surface area (Å²) >= 11 is 7.40. The van der Waals surface area contributed by atoms with E-state index in [1.165, 1.54) is 0 Å². The number of fused-ring (bicyclic) bond motifs is 1. The highest BCUT2D eigenvalue weighted by molar-refractivity contribution is 8.00. The van der Waals surface area contributed by atoms with E-state index in [2.05, 4.69) is 5.32 Å². The van der Waals surface area contributed by atoms with Crippen molar-refractivity contribution in [2.24, 2.45) is 0 Å². The van der Waals surface area contributed by atoms with Crippen LogP contribution in [0.5, 0.6) is 0 Å². The molecule has 1 heterocycles. The number of halogens is 1. The van der Waals surface area contributed by atoms with Gasteiger partial charge in [-0.05, 0) is 36.2 Å². The second kappa shape index (κ2) is 8.41. The van der Waals surface area contributed by atoms with Crippen molar-refractivity contribution >= 4 is 40.9 Å². The van der Waals surface area contributed by atoms with Gasteiger partial charge < -0.3 is 10.2 Å². The zero-order valence-corrected chi connectivity index (χ0v) is 15.3. The van der Waals surface area contributed by atoms with Gasteiger partial charge in [0.25, 0.3) is 0 Å². The van der Waals surface area contributed by atoms with Gasteiger partial charge in [-0.25, -0.2) is 0 Å². The Morgan fingerprint density at radius 2 is 1.92 bits per heavy atom. The molecule has 2 aromatic rings. The number of nitrogens with one attached hydrogen (secondary N) is 1. The Kier molecular flexibility index (Phi) is 6.00. The van der Waals surface area contributed by atoms with Gasteiger partial charge in [-0.3, -0.25) is 9.59 Å². The van der Waals surface area contributed by atoms with Crippen LogP contribution >= 0.6 is 23.4 Å². The lowest BCUT2D eigenvalue weighted by Gasteiger charge is -2.28. The molecule has 0 saturated carbocycles. The minimum Gasteiger partial charge on any atom is -0.356 e. The van der Waals surface area contributed by atoms with Crippen LogP contribution in [0.2, 0.25) is 5.02 Å². The molecule has 130 valence electrons. The van der Waals surface area contributed by atoms with Crippen LogP contribution in [0.3, 0.4) is 0 Å². The van der Waals surface area contributed by atoms with E-state index in [4.69, 9.17) is 11.6 Å². The molecule has 0 spiro atoms. The van der Waals surface area contributed by atoms with Gasteiger partial charge in [0, 0.05) is 29.4 Å². The molecule has 3 rings (SSSR count). The first-order valence-electron chi connectivity index (χ1n) is 8.17. The van der Waals surface area contributed by atoms with E-state index < -0.39 is 0 Å². The number of benzene rings is 2. The molecule has 2 aromatic carbocycles. The number of rotatable bonds is 6. The third-order valence-electron chi connectivity index (χ3n) is 4.02. The van der Waals surface area contributed by atoms with Gasteiger partial charge in [-0.15, -0.1) is 11.8 Å². The number of anilines is 1. The zero-order valence-electron chi connectivity index (χ0n) is 13.7. The molecule has 0 saturated heterocycles. The maximum atomic E-state index is 12.2. The number of para-hydroxylation sites is 1. The van der Waals surface area contributed by atoms with E-state index in [1.807, 2.05) is 48.5 Å². The Hall–Kier alpha value is -1.98.